The Kier molecular flexibility index (Phi) is 4.56. The van der Waals surface area contributed by atoms with Crippen LogP contribution in [0.15, 0.2) is 18.2 Å². The SMILES string of the molecule is Cl.NNc1cc(C(=O)O)ccc1C(=O)O. The average molecular weight is 233 g/mol. The molecule has 0 fully saturated rings. The van der Waals surface area contributed by atoms with Crippen LogP contribution in [-0.4, -0.2) is 22.2 Å². The number of nitrogens with one attached hydrogen (secondary N) is 1. The van der Waals surface area contributed by atoms with E-state index >= 15 is 0 Å². The molecule has 5 N–H and O–H groups in total. The molecule has 0 aliphatic carbocycles. The summed E-state index contributed by atoms with van der Waals surface area (Å²) in [6.07, 6.45) is 0. The molecule has 1 aromatic carbocycles. The van der Waals surface area contributed by atoms with E-state index in [0.717, 1.165) is 6.07 Å². The third-order valence-corrected chi connectivity index (χ3v) is 1.65. The number of benzene rings is 1. The van der Waals surface area contributed by atoms with Gasteiger partial charge in [-0.1, -0.05) is 0 Å². The summed E-state index contributed by atoms with van der Waals surface area (Å²) < 4.78 is 0. The minimum absolute atomic E-state index is 0. The fraction of sp³-hybridized carbons (Fsp3) is 0. The van der Waals surface area contributed by atoms with Gasteiger partial charge in [0.2, 0.25) is 0 Å². The first kappa shape index (κ1) is 13.2. The van der Waals surface area contributed by atoms with E-state index in [1.165, 1.54) is 12.1 Å². The second-order valence-electron chi connectivity index (χ2n) is 2.52. The molecule has 0 aliphatic heterocycles. The molecule has 0 saturated heterocycles. The third kappa shape index (κ3) is 2.83. The maximum absolute atomic E-state index is 10.6. The minimum Gasteiger partial charge on any atom is -0.478 e. The molecule has 0 aromatic heterocycles. The van der Waals surface area contributed by atoms with Crippen molar-refractivity contribution in [3.8, 4) is 0 Å². The number of carbonyl (C=O) groups is 2. The fourth-order valence-corrected chi connectivity index (χ4v) is 0.983. The first-order valence-electron chi connectivity index (χ1n) is 3.63. The molecule has 0 spiro atoms. The highest BCUT2D eigenvalue weighted by atomic mass is 35.5. The summed E-state index contributed by atoms with van der Waals surface area (Å²) >= 11 is 0. The number of carboxylic acids is 2. The van der Waals surface area contributed by atoms with Gasteiger partial charge in [0, 0.05) is 0 Å². The highest BCUT2D eigenvalue weighted by Crippen LogP contribution is 2.16. The maximum atomic E-state index is 10.6. The van der Waals surface area contributed by atoms with Gasteiger partial charge in [0.15, 0.2) is 0 Å². The molecule has 6 nitrogen and oxygen atoms in total. The summed E-state index contributed by atoms with van der Waals surface area (Å²) in [5, 5.41) is 17.3. The van der Waals surface area contributed by atoms with Crippen molar-refractivity contribution < 1.29 is 19.8 Å². The van der Waals surface area contributed by atoms with E-state index in [9.17, 15) is 9.59 Å². The Morgan fingerprint density at radius 2 is 1.80 bits per heavy atom. The van der Waals surface area contributed by atoms with E-state index in [1.54, 1.807) is 0 Å². The molecule has 1 rings (SSSR count). The van der Waals surface area contributed by atoms with Crippen LogP contribution in [0.1, 0.15) is 20.7 Å². The summed E-state index contributed by atoms with van der Waals surface area (Å²) in [5.41, 5.74) is 2.10. The van der Waals surface area contributed by atoms with Gasteiger partial charge in [0.05, 0.1) is 16.8 Å². The second kappa shape index (κ2) is 5.18. The topological polar surface area (TPSA) is 113 Å². The summed E-state index contributed by atoms with van der Waals surface area (Å²) in [6.45, 7) is 0. The molecule has 0 atom stereocenters. The molecular weight excluding hydrogens is 224 g/mol. The van der Waals surface area contributed by atoms with Crippen LogP contribution >= 0.6 is 12.4 Å². The van der Waals surface area contributed by atoms with Crippen LogP contribution in [0.4, 0.5) is 5.69 Å². The standard InChI is InChI=1S/C8H8N2O4.ClH/c9-10-6-3-4(7(11)12)1-2-5(6)8(13)14;/h1-3,10H,9H2,(H,11,12)(H,13,14);1H. The van der Waals surface area contributed by atoms with Gasteiger partial charge in [-0.25, -0.2) is 9.59 Å². The lowest BCUT2D eigenvalue weighted by molar-refractivity contribution is 0.0682. The van der Waals surface area contributed by atoms with E-state index in [4.69, 9.17) is 16.1 Å². The Bertz CT molecular complexity index is 394. The quantitative estimate of drug-likeness (QED) is 0.453. The second-order valence-corrected chi connectivity index (χ2v) is 2.52. The first-order valence-corrected chi connectivity index (χ1v) is 3.63. The van der Waals surface area contributed by atoms with Crippen LogP contribution in [0.2, 0.25) is 0 Å². The summed E-state index contributed by atoms with van der Waals surface area (Å²) in [4.78, 5) is 21.2. The zero-order chi connectivity index (χ0) is 10.7. The molecular formula is C8H9ClN2O4. The number of hydrogen-bond acceptors (Lipinski definition) is 4. The highest BCUT2D eigenvalue weighted by molar-refractivity contribution is 5.97. The molecule has 0 amide bonds. The Labute approximate surface area is 91.1 Å². The lowest BCUT2D eigenvalue weighted by atomic mass is 10.1. The van der Waals surface area contributed by atoms with Crippen LogP contribution in [0.3, 0.4) is 0 Å². The molecule has 7 heteroatoms. The number of hydrogen-bond donors (Lipinski definition) is 4. The molecule has 0 unspecified atom stereocenters. The summed E-state index contributed by atoms with van der Waals surface area (Å²) in [6, 6.07) is 3.54. The number of halogens is 1. The van der Waals surface area contributed by atoms with E-state index < -0.39 is 11.9 Å². The van der Waals surface area contributed by atoms with Crippen LogP contribution < -0.4 is 11.3 Å². The maximum Gasteiger partial charge on any atom is 0.337 e. The summed E-state index contributed by atoms with van der Waals surface area (Å²) in [7, 11) is 0. The van der Waals surface area contributed by atoms with Gasteiger partial charge in [0.1, 0.15) is 0 Å². The van der Waals surface area contributed by atoms with Crippen molar-refractivity contribution in [2.75, 3.05) is 5.43 Å². The zero-order valence-corrected chi connectivity index (χ0v) is 8.25. The Morgan fingerprint density at radius 1 is 1.20 bits per heavy atom. The minimum atomic E-state index is -1.17. The van der Waals surface area contributed by atoms with Crippen molar-refractivity contribution >= 4 is 30.0 Å². The van der Waals surface area contributed by atoms with Crippen molar-refractivity contribution in [1.82, 2.24) is 0 Å². The first-order chi connectivity index (χ1) is 6.56. The van der Waals surface area contributed by atoms with Crippen LogP contribution in [0.5, 0.6) is 0 Å². The number of nitrogens with two attached hydrogens (primary N) is 1. The van der Waals surface area contributed by atoms with E-state index in [2.05, 4.69) is 5.43 Å². The molecule has 82 valence electrons. The lowest BCUT2D eigenvalue weighted by Gasteiger charge is -2.05. The Hall–Kier alpha value is -1.79. The van der Waals surface area contributed by atoms with Crippen molar-refractivity contribution in [3.63, 3.8) is 0 Å². The highest BCUT2D eigenvalue weighted by Gasteiger charge is 2.12. The van der Waals surface area contributed by atoms with Crippen molar-refractivity contribution in [2.24, 2.45) is 5.84 Å². The molecule has 0 heterocycles. The van der Waals surface area contributed by atoms with Gasteiger partial charge in [-0.3, -0.25) is 5.84 Å². The van der Waals surface area contributed by atoms with Crippen molar-refractivity contribution in [1.29, 1.82) is 0 Å². The predicted octanol–water partition coefficient (Wildman–Crippen LogP) is 0.790. The largest absolute Gasteiger partial charge is 0.478 e. The third-order valence-electron chi connectivity index (χ3n) is 1.65. The van der Waals surface area contributed by atoms with Crippen LogP contribution in [0.25, 0.3) is 0 Å². The number of anilines is 1. The zero-order valence-electron chi connectivity index (χ0n) is 7.43. The van der Waals surface area contributed by atoms with Gasteiger partial charge in [-0.15, -0.1) is 12.4 Å². The van der Waals surface area contributed by atoms with Crippen molar-refractivity contribution in [3.05, 3.63) is 29.3 Å². The van der Waals surface area contributed by atoms with Crippen LogP contribution in [0, 0.1) is 0 Å². The van der Waals surface area contributed by atoms with Gasteiger partial charge in [0.25, 0.3) is 0 Å². The van der Waals surface area contributed by atoms with E-state index in [0.29, 0.717) is 0 Å². The monoisotopic (exact) mass is 232 g/mol. The van der Waals surface area contributed by atoms with Gasteiger partial charge < -0.3 is 15.6 Å². The Morgan fingerprint density at radius 3 is 2.20 bits per heavy atom. The molecule has 0 radical (unpaired) electrons. The summed E-state index contributed by atoms with van der Waals surface area (Å²) in [5.74, 6) is 2.74. The number of carboxylic acid groups (broad SMARTS) is 2. The van der Waals surface area contributed by atoms with Gasteiger partial charge in [-0.2, -0.15) is 0 Å². The van der Waals surface area contributed by atoms with Crippen molar-refractivity contribution in [2.45, 2.75) is 0 Å². The number of rotatable bonds is 3. The molecule has 1 aromatic rings. The molecule has 0 bridgehead atoms. The van der Waals surface area contributed by atoms with Crippen LogP contribution in [-0.2, 0) is 0 Å². The number of aromatic carboxylic acids is 2. The average Bonchev–Trinajstić information content (AvgIpc) is 2.16. The number of hydrazine groups is 1. The molecule has 15 heavy (non-hydrogen) atoms. The normalized spacial score (nSPS) is 8.87. The van der Waals surface area contributed by atoms with Gasteiger partial charge >= 0.3 is 11.9 Å². The van der Waals surface area contributed by atoms with Gasteiger partial charge in [-0.05, 0) is 18.2 Å². The number of nitrogen functional groups attached to an aromatic ring is 1. The lowest BCUT2D eigenvalue weighted by Crippen LogP contribution is -2.13. The Balaban J connectivity index is 0.00000196. The van der Waals surface area contributed by atoms with E-state index in [-0.39, 0.29) is 29.2 Å². The molecule has 0 aliphatic rings. The predicted molar refractivity (Wildman–Crippen MR) is 55.4 cm³/mol. The smallest absolute Gasteiger partial charge is 0.337 e. The molecule has 0 saturated carbocycles. The van der Waals surface area contributed by atoms with E-state index in [1.807, 2.05) is 0 Å². The fourth-order valence-electron chi connectivity index (χ4n) is 0.983.